The predicted molar refractivity (Wildman–Crippen MR) is 144 cm³/mol. The molecule has 1 saturated heterocycles. The fourth-order valence-electron chi connectivity index (χ4n) is 3.31. The van der Waals surface area contributed by atoms with Crippen LogP contribution in [0.3, 0.4) is 0 Å². The van der Waals surface area contributed by atoms with E-state index >= 15 is 0 Å². The van der Waals surface area contributed by atoms with Crippen molar-refractivity contribution in [3.8, 4) is 17.2 Å². The number of thioether (sulfide) groups is 1. The zero-order valence-electron chi connectivity index (χ0n) is 18.9. The highest BCUT2D eigenvalue weighted by Gasteiger charge is 2.35. The molecule has 3 aromatic carbocycles. The van der Waals surface area contributed by atoms with Gasteiger partial charge in [-0.15, -0.1) is 0 Å². The number of nitrogens with zero attached hydrogens (tertiary/aromatic N) is 1. The molecule has 10 heteroatoms. The second-order valence-corrected chi connectivity index (χ2v) is 10.1. The highest BCUT2D eigenvalue weighted by Crippen LogP contribution is 2.39. The predicted octanol–water partition coefficient (Wildman–Crippen LogP) is 6.55. The summed E-state index contributed by atoms with van der Waals surface area (Å²) in [4.78, 5) is 39.4. The van der Waals surface area contributed by atoms with Gasteiger partial charge in [0, 0.05) is 4.47 Å². The number of para-hydroxylation sites is 1. The number of hydrogen-bond acceptors (Lipinski definition) is 7. The molecule has 184 valence electrons. The lowest BCUT2D eigenvalue weighted by atomic mass is 10.1. The molecule has 0 atom stereocenters. The third kappa shape index (κ3) is 6.00. The first-order valence-electron chi connectivity index (χ1n) is 10.6. The van der Waals surface area contributed by atoms with Gasteiger partial charge in [-0.25, -0.2) is 4.79 Å². The molecule has 1 aliphatic rings. The number of benzene rings is 3. The van der Waals surface area contributed by atoms with Crippen molar-refractivity contribution in [2.75, 3.05) is 20.3 Å². The van der Waals surface area contributed by atoms with E-state index in [4.69, 9.17) is 14.2 Å². The summed E-state index contributed by atoms with van der Waals surface area (Å²) < 4.78 is 17.7. The summed E-state index contributed by atoms with van der Waals surface area (Å²) in [5, 5.41) is -0.368. The van der Waals surface area contributed by atoms with Gasteiger partial charge in [0.15, 0.2) is 11.5 Å². The van der Waals surface area contributed by atoms with Crippen molar-refractivity contribution < 1.29 is 28.6 Å². The molecule has 1 heterocycles. The zero-order valence-corrected chi connectivity index (χ0v) is 22.9. The Morgan fingerprint density at radius 3 is 2.44 bits per heavy atom. The number of esters is 1. The normalized spacial score (nSPS) is 14.3. The molecular weight excluding hydrogens is 614 g/mol. The topological polar surface area (TPSA) is 82.1 Å². The molecule has 2 amide bonds. The molecule has 0 unspecified atom stereocenters. The number of halogens is 2. The average Bonchev–Trinajstić information content (AvgIpc) is 3.13. The van der Waals surface area contributed by atoms with Gasteiger partial charge in [-0.05, 0) is 91.7 Å². The molecule has 36 heavy (non-hydrogen) atoms. The third-order valence-electron chi connectivity index (χ3n) is 5.04. The molecule has 0 saturated carbocycles. The van der Waals surface area contributed by atoms with Crippen molar-refractivity contribution in [2.24, 2.45) is 0 Å². The van der Waals surface area contributed by atoms with Gasteiger partial charge in [-0.3, -0.25) is 14.5 Å². The molecule has 0 aromatic heterocycles. The SMILES string of the molecule is COc1cc(/C=C2\SC(=O)N(CCOc3ccccc3)C2=O)cc(Br)c1OC(=O)c1ccccc1Br. The van der Waals surface area contributed by atoms with E-state index in [-0.39, 0.29) is 34.8 Å². The van der Waals surface area contributed by atoms with Crippen LogP contribution in [0.4, 0.5) is 4.79 Å². The maximum Gasteiger partial charge on any atom is 0.344 e. The number of carbonyl (C=O) groups excluding carboxylic acids is 3. The highest BCUT2D eigenvalue weighted by atomic mass is 79.9. The van der Waals surface area contributed by atoms with E-state index in [1.54, 1.807) is 54.6 Å². The second kappa shape index (κ2) is 11.8. The summed E-state index contributed by atoms with van der Waals surface area (Å²) in [7, 11) is 1.45. The Balaban J connectivity index is 1.48. The van der Waals surface area contributed by atoms with Gasteiger partial charge in [0.05, 0.1) is 28.6 Å². The van der Waals surface area contributed by atoms with Crippen molar-refractivity contribution in [3.63, 3.8) is 0 Å². The average molecular weight is 633 g/mol. The summed E-state index contributed by atoms with van der Waals surface area (Å²) in [5.74, 6) is 0.180. The van der Waals surface area contributed by atoms with Gasteiger partial charge in [0.2, 0.25) is 0 Å². The van der Waals surface area contributed by atoms with Crippen molar-refractivity contribution in [1.82, 2.24) is 4.90 Å². The maximum atomic E-state index is 12.8. The van der Waals surface area contributed by atoms with Crippen molar-refractivity contribution >= 4 is 66.8 Å². The van der Waals surface area contributed by atoms with Crippen LogP contribution in [0.2, 0.25) is 0 Å². The van der Waals surface area contributed by atoms with Crippen molar-refractivity contribution in [2.45, 2.75) is 0 Å². The van der Waals surface area contributed by atoms with Gasteiger partial charge in [-0.1, -0.05) is 30.3 Å². The van der Waals surface area contributed by atoms with Gasteiger partial charge in [-0.2, -0.15) is 0 Å². The first-order chi connectivity index (χ1) is 17.4. The van der Waals surface area contributed by atoms with Crippen LogP contribution in [0, 0.1) is 0 Å². The molecule has 0 radical (unpaired) electrons. The summed E-state index contributed by atoms with van der Waals surface area (Å²) in [6, 6.07) is 19.4. The van der Waals surface area contributed by atoms with Crippen molar-refractivity contribution in [3.05, 3.63) is 91.7 Å². The monoisotopic (exact) mass is 631 g/mol. The van der Waals surface area contributed by atoms with E-state index in [1.807, 2.05) is 18.2 Å². The molecule has 0 aliphatic carbocycles. The Morgan fingerprint density at radius 2 is 1.72 bits per heavy atom. The molecule has 1 fully saturated rings. The molecule has 1 aliphatic heterocycles. The van der Waals surface area contributed by atoms with Gasteiger partial charge >= 0.3 is 5.97 Å². The van der Waals surface area contributed by atoms with Crippen LogP contribution < -0.4 is 14.2 Å². The minimum atomic E-state index is -0.562. The molecule has 3 aromatic rings. The molecular formula is C26H19Br2NO6S. The van der Waals surface area contributed by atoms with E-state index in [1.165, 1.54) is 7.11 Å². The largest absolute Gasteiger partial charge is 0.493 e. The highest BCUT2D eigenvalue weighted by molar-refractivity contribution is 9.10. The lowest BCUT2D eigenvalue weighted by Crippen LogP contribution is -2.32. The number of carbonyl (C=O) groups is 3. The Morgan fingerprint density at radius 1 is 1.00 bits per heavy atom. The summed E-state index contributed by atoms with van der Waals surface area (Å²) in [6.07, 6.45) is 1.59. The Bertz CT molecular complexity index is 1350. The number of ether oxygens (including phenoxy) is 3. The summed E-state index contributed by atoms with van der Waals surface area (Å²) in [5.41, 5.74) is 0.950. The lowest BCUT2D eigenvalue weighted by molar-refractivity contribution is -0.123. The summed E-state index contributed by atoms with van der Waals surface area (Å²) >= 11 is 7.61. The first-order valence-corrected chi connectivity index (χ1v) is 13.0. The summed E-state index contributed by atoms with van der Waals surface area (Å²) in [6.45, 7) is 0.320. The quantitative estimate of drug-likeness (QED) is 0.158. The standard InChI is InChI=1S/C26H19Br2NO6S/c1-33-21-14-16(13-20(28)23(21)35-25(31)18-9-5-6-10-19(18)27)15-22-24(30)29(26(32)36-22)11-12-34-17-7-3-2-4-8-17/h2-10,13-15H,11-12H2,1H3/b22-15-. The minimum absolute atomic E-state index is 0.133. The Hall–Kier alpha value is -3.08. The van der Waals surface area contributed by atoms with Gasteiger partial charge in [0.25, 0.3) is 11.1 Å². The Kier molecular flexibility index (Phi) is 8.50. The Labute approximate surface area is 228 Å². The lowest BCUT2D eigenvalue weighted by Gasteiger charge is -2.13. The number of hydrogen-bond donors (Lipinski definition) is 0. The minimum Gasteiger partial charge on any atom is -0.493 e. The number of imide groups is 1. The molecule has 0 N–H and O–H groups in total. The molecule has 7 nitrogen and oxygen atoms in total. The van der Waals surface area contributed by atoms with Crippen LogP contribution in [0.1, 0.15) is 15.9 Å². The van der Waals surface area contributed by atoms with E-state index in [0.29, 0.717) is 25.8 Å². The third-order valence-corrected chi connectivity index (χ3v) is 7.23. The van der Waals surface area contributed by atoms with Crippen LogP contribution in [0.25, 0.3) is 6.08 Å². The zero-order chi connectivity index (χ0) is 25.7. The van der Waals surface area contributed by atoms with Crippen LogP contribution in [-0.4, -0.2) is 42.3 Å². The number of amides is 2. The molecule has 0 bridgehead atoms. The van der Waals surface area contributed by atoms with Crippen molar-refractivity contribution in [1.29, 1.82) is 0 Å². The van der Waals surface area contributed by atoms with Crippen LogP contribution in [0.5, 0.6) is 17.2 Å². The first kappa shape index (κ1) is 26.0. The van der Waals surface area contributed by atoms with Gasteiger partial charge < -0.3 is 14.2 Å². The smallest absolute Gasteiger partial charge is 0.344 e. The van der Waals surface area contributed by atoms with Crippen LogP contribution >= 0.6 is 43.6 Å². The van der Waals surface area contributed by atoms with E-state index in [2.05, 4.69) is 31.9 Å². The fourth-order valence-corrected chi connectivity index (χ4v) is 5.16. The fraction of sp³-hybridized carbons (Fsp3) is 0.115. The van der Waals surface area contributed by atoms with Gasteiger partial charge in [0.1, 0.15) is 12.4 Å². The second-order valence-electron chi connectivity index (χ2n) is 7.40. The van der Waals surface area contributed by atoms with Crippen LogP contribution in [0.15, 0.2) is 80.6 Å². The maximum absolute atomic E-state index is 12.8. The number of methoxy groups -OCH3 is 1. The van der Waals surface area contributed by atoms with E-state index in [9.17, 15) is 14.4 Å². The van der Waals surface area contributed by atoms with E-state index < -0.39 is 11.9 Å². The molecule has 4 rings (SSSR count). The van der Waals surface area contributed by atoms with E-state index in [0.717, 1.165) is 16.7 Å². The molecule has 0 spiro atoms. The van der Waals surface area contributed by atoms with Crippen LogP contribution in [-0.2, 0) is 4.79 Å². The number of rotatable bonds is 8.